The molecule has 9 atom stereocenters. The molecule has 128 valence electrons. The van der Waals surface area contributed by atoms with Crippen molar-refractivity contribution < 1.29 is 4.74 Å². The van der Waals surface area contributed by atoms with E-state index in [-0.39, 0.29) is 0 Å². The lowest BCUT2D eigenvalue weighted by molar-refractivity contribution is 0.000284. The van der Waals surface area contributed by atoms with Crippen molar-refractivity contribution in [2.75, 3.05) is 4.43 Å². The molecule has 22 heavy (non-hydrogen) atoms. The Kier molecular flexibility index (Phi) is 4.69. The van der Waals surface area contributed by atoms with Gasteiger partial charge in [0.25, 0.3) is 0 Å². The van der Waals surface area contributed by atoms with Crippen molar-refractivity contribution in [1.82, 2.24) is 0 Å². The first kappa shape index (κ1) is 17.5. The largest absolute Gasteiger partial charge is 0.374 e. The molecule has 1 nitrogen and oxygen atoms in total. The highest BCUT2D eigenvalue weighted by atomic mass is 127. The van der Waals surface area contributed by atoms with Crippen molar-refractivity contribution in [1.29, 1.82) is 0 Å². The first-order chi connectivity index (χ1) is 10.3. The standard InChI is InChI=1S/C20H35IO/c1-12(11-21)7-8-16-15(4)18-17(22-16)10-19(5)13(2)9-14(3)20(18,19)6/h12-18H,7-11H2,1-6H3/t12-,13?,14?,15-,16-,17+,18+,19+,20-/m1/s1. The van der Waals surface area contributed by atoms with Crippen LogP contribution < -0.4 is 0 Å². The van der Waals surface area contributed by atoms with E-state index in [0.717, 1.165) is 29.6 Å². The molecule has 2 heteroatoms. The van der Waals surface area contributed by atoms with Gasteiger partial charge in [0.2, 0.25) is 0 Å². The van der Waals surface area contributed by atoms with Gasteiger partial charge in [-0.05, 0) is 66.1 Å². The summed E-state index contributed by atoms with van der Waals surface area (Å²) < 4.78 is 7.93. The van der Waals surface area contributed by atoms with Gasteiger partial charge in [0.1, 0.15) is 0 Å². The van der Waals surface area contributed by atoms with Gasteiger partial charge in [0, 0.05) is 4.43 Å². The molecule has 0 aromatic carbocycles. The molecular formula is C20H35IO. The van der Waals surface area contributed by atoms with Gasteiger partial charge in [-0.3, -0.25) is 0 Å². The SMILES string of the molecule is CC1CC(C)[C@]2(C)[C@H]3[C@H](C)[C@@H](CC[C@@H](C)CI)O[C@H]3C[C@@]12C. The number of alkyl halides is 1. The Morgan fingerprint density at radius 2 is 1.86 bits per heavy atom. The lowest BCUT2D eigenvalue weighted by Gasteiger charge is -2.45. The summed E-state index contributed by atoms with van der Waals surface area (Å²) in [6, 6.07) is 0. The minimum absolute atomic E-state index is 0.486. The second-order valence-electron chi connectivity index (χ2n) is 9.38. The molecule has 2 aliphatic carbocycles. The molecule has 2 saturated carbocycles. The Morgan fingerprint density at radius 1 is 1.18 bits per heavy atom. The fourth-order valence-electron chi connectivity index (χ4n) is 6.64. The highest BCUT2D eigenvalue weighted by Crippen LogP contribution is 2.73. The van der Waals surface area contributed by atoms with Crippen LogP contribution >= 0.6 is 22.6 Å². The number of fused-ring (bicyclic) bond motifs is 3. The van der Waals surface area contributed by atoms with Crippen molar-refractivity contribution in [3.63, 3.8) is 0 Å². The minimum Gasteiger partial charge on any atom is -0.374 e. The topological polar surface area (TPSA) is 9.23 Å². The van der Waals surface area contributed by atoms with E-state index < -0.39 is 0 Å². The highest BCUT2D eigenvalue weighted by Gasteiger charge is 2.70. The van der Waals surface area contributed by atoms with Crippen LogP contribution in [0.15, 0.2) is 0 Å². The third-order valence-corrected chi connectivity index (χ3v) is 9.98. The molecule has 3 aliphatic rings. The molecule has 0 radical (unpaired) electrons. The van der Waals surface area contributed by atoms with Crippen LogP contribution in [0.3, 0.4) is 0 Å². The number of ether oxygens (including phenoxy) is 1. The molecule has 2 unspecified atom stereocenters. The summed E-state index contributed by atoms with van der Waals surface area (Å²) in [6.07, 6.45) is 6.38. The molecule has 3 fully saturated rings. The number of hydrogen-bond acceptors (Lipinski definition) is 1. The Bertz CT molecular complexity index is 424. The third-order valence-electron chi connectivity index (χ3n) is 8.48. The van der Waals surface area contributed by atoms with E-state index in [9.17, 15) is 0 Å². The van der Waals surface area contributed by atoms with Crippen molar-refractivity contribution in [3.8, 4) is 0 Å². The van der Waals surface area contributed by atoms with Crippen molar-refractivity contribution in [2.45, 2.75) is 79.4 Å². The van der Waals surface area contributed by atoms with Gasteiger partial charge >= 0.3 is 0 Å². The van der Waals surface area contributed by atoms with Gasteiger partial charge < -0.3 is 4.74 Å². The predicted octanol–water partition coefficient (Wildman–Crippen LogP) is 5.95. The summed E-state index contributed by atoms with van der Waals surface area (Å²) in [5.74, 6) is 4.07. The number of halogens is 1. The van der Waals surface area contributed by atoms with E-state index in [1.54, 1.807) is 0 Å². The fraction of sp³-hybridized carbons (Fsp3) is 1.00. The van der Waals surface area contributed by atoms with E-state index in [1.807, 2.05) is 0 Å². The van der Waals surface area contributed by atoms with Crippen LogP contribution in [0.5, 0.6) is 0 Å². The Hall–Kier alpha value is 0.690. The van der Waals surface area contributed by atoms with E-state index in [2.05, 4.69) is 64.1 Å². The van der Waals surface area contributed by atoms with Crippen molar-refractivity contribution in [2.24, 2.45) is 40.4 Å². The zero-order valence-corrected chi connectivity index (χ0v) is 17.5. The summed E-state index contributed by atoms with van der Waals surface area (Å²) >= 11 is 2.52. The summed E-state index contributed by atoms with van der Waals surface area (Å²) in [4.78, 5) is 0. The fourth-order valence-corrected chi connectivity index (χ4v) is 7.08. The lowest BCUT2D eigenvalue weighted by atomic mass is 9.59. The first-order valence-corrected chi connectivity index (χ1v) is 11.0. The van der Waals surface area contributed by atoms with Crippen LogP contribution in [-0.2, 0) is 4.74 Å². The number of hydrogen-bond donors (Lipinski definition) is 0. The second-order valence-corrected chi connectivity index (χ2v) is 10.3. The molecule has 1 saturated heterocycles. The van der Waals surface area contributed by atoms with Crippen LogP contribution in [0, 0.1) is 40.4 Å². The maximum absolute atomic E-state index is 6.65. The van der Waals surface area contributed by atoms with Crippen LogP contribution in [0.4, 0.5) is 0 Å². The molecule has 1 heterocycles. The van der Waals surface area contributed by atoms with Crippen molar-refractivity contribution >= 4 is 22.6 Å². The summed E-state index contributed by atoms with van der Waals surface area (Å²) in [6.45, 7) is 15.1. The molecule has 0 bridgehead atoms. The second kappa shape index (κ2) is 5.89. The van der Waals surface area contributed by atoms with Crippen LogP contribution in [0.1, 0.15) is 67.2 Å². The number of rotatable bonds is 4. The Labute approximate surface area is 151 Å². The van der Waals surface area contributed by atoms with Crippen LogP contribution in [0.25, 0.3) is 0 Å². The van der Waals surface area contributed by atoms with Gasteiger partial charge in [-0.2, -0.15) is 0 Å². The van der Waals surface area contributed by atoms with E-state index in [0.29, 0.717) is 23.0 Å². The van der Waals surface area contributed by atoms with Crippen LogP contribution in [0.2, 0.25) is 0 Å². The summed E-state index contributed by atoms with van der Waals surface area (Å²) in [7, 11) is 0. The van der Waals surface area contributed by atoms with E-state index in [1.165, 1.54) is 30.1 Å². The van der Waals surface area contributed by atoms with Gasteiger partial charge in [-0.1, -0.05) is 64.1 Å². The van der Waals surface area contributed by atoms with Gasteiger partial charge in [-0.25, -0.2) is 0 Å². The molecular weight excluding hydrogens is 383 g/mol. The smallest absolute Gasteiger partial charge is 0.0621 e. The molecule has 0 spiro atoms. The summed E-state index contributed by atoms with van der Waals surface area (Å²) in [5, 5.41) is 0. The summed E-state index contributed by atoms with van der Waals surface area (Å²) in [5.41, 5.74) is 0.983. The highest BCUT2D eigenvalue weighted by molar-refractivity contribution is 14.1. The predicted molar refractivity (Wildman–Crippen MR) is 102 cm³/mol. The van der Waals surface area contributed by atoms with E-state index >= 15 is 0 Å². The van der Waals surface area contributed by atoms with Crippen LogP contribution in [-0.4, -0.2) is 16.6 Å². The molecule has 0 aromatic heterocycles. The zero-order chi connectivity index (χ0) is 16.3. The zero-order valence-electron chi connectivity index (χ0n) is 15.4. The Balaban J connectivity index is 1.77. The van der Waals surface area contributed by atoms with Gasteiger partial charge in [0.15, 0.2) is 0 Å². The average Bonchev–Trinajstić information content (AvgIpc) is 2.95. The molecule has 0 aromatic rings. The molecule has 0 N–H and O–H groups in total. The van der Waals surface area contributed by atoms with E-state index in [4.69, 9.17) is 4.74 Å². The van der Waals surface area contributed by atoms with Gasteiger partial charge in [-0.15, -0.1) is 0 Å². The van der Waals surface area contributed by atoms with Gasteiger partial charge in [0.05, 0.1) is 12.2 Å². The third kappa shape index (κ3) is 2.25. The lowest BCUT2D eigenvalue weighted by Crippen LogP contribution is -2.41. The maximum atomic E-state index is 6.65. The van der Waals surface area contributed by atoms with Crippen molar-refractivity contribution in [3.05, 3.63) is 0 Å². The quantitative estimate of drug-likeness (QED) is 0.405. The molecule has 3 rings (SSSR count). The first-order valence-electron chi connectivity index (χ1n) is 9.47. The minimum atomic E-state index is 0.486. The Morgan fingerprint density at radius 3 is 2.50 bits per heavy atom. The molecule has 1 aliphatic heterocycles. The average molecular weight is 418 g/mol. The maximum Gasteiger partial charge on any atom is 0.0621 e. The molecule has 0 amide bonds. The normalized spacial score (nSPS) is 55.2. The monoisotopic (exact) mass is 418 g/mol.